The zero-order valence-electron chi connectivity index (χ0n) is 14.9. The van der Waals surface area contributed by atoms with Crippen molar-refractivity contribution >= 4 is 35.3 Å². The molecule has 0 aliphatic carbocycles. The molecule has 5 heteroatoms. The van der Waals surface area contributed by atoms with Crippen LogP contribution in [-0.4, -0.2) is 23.0 Å². The summed E-state index contributed by atoms with van der Waals surface area (Å²) in [5.74, 6) is -0.960. The number of hydrogen-bond donors (Lipinski definition) is 1. The average Bonchev–Trinajstić information content (AvgIpc) is 2.63. The van der Waals surface area contributed by atoms with E-state index in [2.05, 4.69) is 29.1 Å². The first kappa shape index (κ1) is 19.7. The lowest BCUT2D eigenvalue weighted by molar-refractivity contribution is 0.0697. The van der Waals surface area contributed by atoms with Crippen LogP contribution in [0.3, 0.4) is 0 Å². The van der Waals surface area contributed by atoms with E-state index in [-0.39, 0.29) is 5.56 Å². The first-order valence-electron chi connectivity index (χ1n) is 8.38. The van der Waals surface area contributed by atoms with E-state index in [4.69, 9.17) is 5.11 Å². The smallest absolute Gasteiger partial charge is 0.335 e. The molecule has 0 fully saturated rings. The molecule has 1 aromatic carbocycles. The van der Waals surface area contributed by atoms with Gasteiger partial charge >= 0.3 is 5.97 Å². The van der Waals surface area contributed by atoms with E-state index in [9.17, 15) is 4.79 Å². The minimum atomic E-state index is -0.960. The van der Waals surface area contributed by atoms with Crippen LogP contribution in [0.25, 0.3) is 0 Å². The summed E-state index contributed by atoms with van der Waals surface area (Å²) < 4.78 is 0. The van der Waals surface area contributed by atoms with Crippen LogP contribution < -0.4 is 0 Å². The average molecular weight is 366 g/mol. The summed E-state index contributed by atoms with van der Waals surface area (Å²) in [4.78, 5) is 22.2. The fourth-order valence-corrected chi connectivity index (χ4v) is 3.14. The van der Waals surface area contributed by atoms with Gasteiger partial charge in [-0.05, 0) is 61.9 Å². The van der Waals surface area contributed by atoms with Crippen LogP contribution in [0.1, 0.15) is 37.0 Å². The first-order valence-corrected chi connectivity index (χ1v) is 9.20. The van der Waals surface area contributed by atoms with Gasteiger partial charge in [0.2, 0.25) is 0 Å². The molecule has 1 aliphatic rings. The number of benzene rings is 1. The number of rotatable bonds is 4. The summed E-state index contributed by atoms with van der Waals surface area (Å²) in [7, 11) is 0. The summed E-state index contributed by atoms with van der Waals surface area (Å²) in [5.41, 5.74) is 1.69. The second-order valence-corrected chi connectivity index (χ2v) is 6.85. The minimum Gasteiger partial charge on any atom is -0.478 e. The zero-order valence-corrected chi connectivity index (χ0v) is 15.7. The highest BCUT2D eigenvalue weighted by molar-refractivity contribution is 8.07. The molecular weight excluding hydrogens is 344 g/mol. The van der Waals surface area contributed by atoms with Crippen LogP contribution >= 0.6 is 11.8 Å². The van der Waals surface area contributed by atoms with E-state index < -0.39 is 5.97 Å². The molecule has 4 nitrogen and oxygen atoms in total. The molecule has 0 spiro atoms. The van der Waals surface area contributed by atoms with Gasteiger partial charge in [0.25, 0.3) is 0 Å². The molecule has 0 amide bonds. The van der Waals surface area contributed by atoms with Gasteiger partial charge in [-0.3, -0.25) is 9.98 Å². The molecule has 0 saturated carbocycles. The van der Waals surface area contributed by atoms with Crippen LogP contribution in [0, 0.1) is 0 Å². The number of hydrogen-bond acceptors (Lipinski definition) is 4. The molecule has 2 rings (SSSR count). The second-order valence-electron chi connectivity index (χ2n) is 5.56. The predicted octanol–water partition coefficient (Wildman–Crippen LogP) is 5.93. The van der Waals surface area contributed by atoms with E-state index in [1.165, 1.54) is 4.91 Å². The molecule has 134 valence electrons. The number of carboxylic acid groups (broad SMARTS) is 1. The number of aromatic carboxylic acids is 1. The molecule has 0 saturated heterocycles. The minimum absolute atomic E-state index is 0.223. The van der Waals surface area contributed by atoms with Crippen molar-refractivity contribution in [3.05, 3.63) is 76.2 Å². The topological polar surface area (TPSA) is 62.0 Å². The quantitative estimate of drug-likeness (QED) is 0.672. The Bertz CT molecular complexity index is 830. The number of aliphatic imine (C=N–C) groups is 2. The van der Waals surface area contributed by atoms with Crippen molar-refractivity contribution in [2.24, 2.45) is 9.98 Å². The molecule has 0 atom stereocenters. The van der Waals surface area contributed by atoms with Gasteiger partial charge in [-0.25, -0.2) is 4.79 Å². The van der Waals surface area contributed by atoms with Gasteiger partial charge in [0.1, 0.15) is 0 Å². The van der Waals surface area contributed by atoms with E-state index in [1.807, 2.05) is 31.4 Å². The highest BCUT2D eigenvalue weighted by atomic mass is 32.2. The number of thioether (sulfide) groups is 1. The molecule has 1 aromatic rings. The Kier molecular flexibility index (Phi) is 7.83. The van der Waals surface area contributed by atoms with E-state index in [0.29, 0.717) is 5.69 Å². The Morgan fingerprint density at radius 2 is 2.19 bits per heavy atom. The molecule has 1 heterocycles. The number of carboxylic acids is 1. The SMILES string of the molecule is C\C=C/C1=N/C=C/CC/C=C(\C)SC1=C/C=N/c1cccc(C(=O)O)c1. The molecule has 1 N–H and O–H groups in total. The molecule has 1 aliphatic heterocycles. The standard InChI is InChI=1S/C21H22N2O2S/c1-3-8-19-20(26-16(2)9-5-4-6-13-23-19)12-14-22-18-11-7-10-17(15-18)21(24)25/h3,6-15H,4-5H2,1-2H3,(H,24,25)/b8-3-,13-6+,16-9+,20-12?,22-14+,23-19-. The van der Waals surface area contributed by atoms with Crippen molar-refractivity contribution in [2.45, 2.75) is 26.7 Å². The molecular formula is C21H22N2O2S. The van der Waals surface area contributed by atoms with Crippen molar-refractivity contribution < 1.29 is 9.90 Å². The Balaban J connectivity index is 2.32. The van der Waals surface area contributed by atoms with Gasteiger partial charge in [-0.15, -0.1) is 0 Å². The molecule has 0 radical (unpaired) electrons. The van der Waals surface area contributed by atoms with Gasteiger partial charge in [0.05, 0.1) is 17.0 Å². The lowest BCUT2D eigenvalue weighted by Crippen LogP contribution is -1.97. The first-order chi connectivity index (χ1) is 12.6. The summed E-state index contributed by atoms with van der Waals surface area (Å²) in [5, 5.41) is 9.07. The maximum absolute atomic E-state index is 11.1. The Labute approximate surface area is 158 Å². The number of carbonyl (C=O) groups is 1. The Morgan fingerprint density at radius 3 is 2.96 bits per heavy atom. The van der Waals surface area contributed by atoms with E-state index >= 15 is 0 Å². The predicted molar refractivity (Wildman–Crippen MR) is 112 cm³/mol. The summed E-state index contributed by atoms with van der Waals surface area (Å²) >= 11 is 1.66. The number of allylic oxidation sites excluding steroid dienone is 7. The maximum Gasteiger partial charge on any atom is 0.335 e. The van der Waals surface area contributed by atoms with Gasteiger partial charge < -0.3 is 5.11 Å². The third kappa shape index (κ3) is 6.33. The fourth-order valence-electron chi connectivity index (χ4n) is 2.23. The zero-order chi connectivity index (χ0) is 18.8. The van der Waals surface area contributed by atoms with E-state index in [0.717, 1.165) is 23.5 Å². The van der Waals surface area contributed by atoms with Crippen molar-refractivity contribution in [3.63, 3.8) is 0 Å². The van der Waals surface area contributed by atoms with Crippen molar-refractivity contribution in [1.82, 2.24) is 0 Å². The second kappa shape index (κ2) is 10.4. The summed E-state index contributed by atoms with van der Waals surface area (Å²) in [6, 6.07) is 6.56. The van der Waals surface area contributed by atoms with Gasteiger partial charge in [0.15, 0.2) is 0 Å². The monoisotopic (exact) mass is 366 g/mol. The van der Waals surface area contributed by atoms with Crippen LogP contribution in [0.15, 0.2) is 80.6 Å². The van der Waals surface area contributed by atoms with Gasteiger partial charge in [0, 0.05) is 17.3 Å². The van der Waals surface area contributed by atoms with Crippen molar-refractivity contribution in [3.8, 4) is 0 Å². The molecule has 0 unspecified atom stereocenters. The summed E-state index contributed by atoms with van der Waals surface area (Å²) in [6.07, 6.45) is 15.6. The van der Waals surface area contributed by atoms with Crippen LogP contribution in [-0.2, 0) is 0 Å². The maximum atomic E-state index is 11.1. The van der Waals surface area contributed by atoms with Gasteiger partial charge in [-0.2, -0.15) is 0 Å². The number of nitrogens with zero attached hydrogens (tertiary/aromatic N) is 2. The molecule has 0 bridgehead atoms. The third-order valence-electron chi connectivity index (χ3n) is 3.47. The lowest BCUT2D eigenvalue weighted by atomic mass is 10.2. The molecule has 0 aromatic heterocycles. The third-order valence-corrected chi connectivity index (χ3v) is 4.53. The van der Waals surface area contributed by atoms with E-state index in [1.54, 1.807) is 42.2 Å². The van der Waals surface area contributed by atoms with Crippen LogP contribution in [0.2, 0.25) is 0 Å². The van der Waals surface area contributed by atoms with Crippen LogP contribution in [0.4, 0.5) is 5.69 Å². The normalized spacial score (nSPS) is 22.8. The summed E-state index contributed by atoms with van der Waals surface area (Å²) in [6.45, 7) is 4.05. The Morgan fingerprint density at radius 1 is 1.35 bits per heavy atom. The molecule has 26 heavy (non-hydrogen) atoms. The van der Waals surface area contributed by atoms with Crippen molar-refractivity contribution in [1.29, 1.82) is 0 Å². The highest BCUT2D eigenvalue weighted by Crippen LogP contribution is 2.28. The largest absolute Gasteiger partial charge is 0.478 e. The van der Waals surface area contributed by atoms with Crippen LogP contribution in [0.5, 0.6) is 0 Å². The Hall–Kier alpha value is -2.66. The highest BCUT2D eigenvalue weighted by Gasteiger charge is 2.06. The lowest BCUT2D eigenvalue weighted by Gasteiger charge is -2.08. The fraction of sp³-hybridized carbons (Fsp3) is 0.190. The van der Waals surface area contributed by atoms with Gasteiger partial charge in [-0.1, -0.05) is 36.1 Å². The van der Waals surface area contributed by atoms with Crippen molar-refractivity contribution in [2.75, 3.05) is 0 Å².